The smallest absolute Gasteiger partial charge is 0.408 e. The van der Waals surface area contributed by atoms with Gasteiger partial charge < -0.3 is 25.0 Å². The van der Waals surface area contributed by atoms with Crippen LogP contribution in [0, 0.1) is 0 Å². The van der Waals surface area contributed by atoms with Crippen molar-refractivity contribution in [1.29, 1.82) is 0 Å². The van der Waals surface area contributed by atoms with Gasteiger partial charge in [0.05, 0.1) is 18.8 Å². The molecular formula is C21H41N5O3. The van der Waals surface area contributed by atoms with Gasteiger partial charge in [-0.05, 0) is 40.0 Å². The van der Waals surface area contributed by atoms with Gasteiger partial charge in [0.15, 0.2) is 5.96 Å². The van der Waals surface area contributed by atoms with Crippen LogP contribution in [0.15, 0.2) is 4.99 Å². The van der Waals surface area contributed by atoms with Crippen LogP contribution in [0.2, 0.25) is 0 Å². The third-order valence-electron chi connectivity index (χ3n) is 5.94. The number of carbonyl (C=O) groups excluding carboxylic acids is 1. The summed E-state index contributed by atoms with van der Waals surface area (Å²) in [4.78, 5) is 21.7. The zero-order chi connectivity index (χ0) is 21.5. The summed E-state index contributed by atoms with van der Waals surface area (Å²) < 4.78 is 11.0. The minimum absolute atomic E-state index is 0.369. The van der Waals surface area contributed by atoms with Crippen LogP contribution in [-0.2, 0) is 9.47 Å². The first-order valence-electron chi connectivity index (χ1n) is 11.0. The van der Waals surface area contributed by atoms with Crippen LogP contribution in [0.3, 0.4) is 0 Å². The number of guanidine groups is 1. The molecule has 0 aromatic carbocycles. The maximum absolute atomic E-state index is 12.4. The summed E-state index contributed by atoms with van der Waals surface area (Å²) in [5.41, 5.74) is -0.883. The molecule has 2 fully saturated rings. The molecule has 0 aromatic rings. The Kier molecular flexibility index (Phi) is 8.58. The predicted octanol–water partition coefficient (Wildman–Crippen LogP) is 2.05. The van der Waals surface area contributed by atoms with Gasteiger partial charge in [0, 0.05) is 45.8 Å². The SMILES string of the molecule is CCC(CC)(CNC(=NC)N1CCC(N2CCOCC2)C1)NC(=O)OC(C)(C)C. The molecule has 0 radical (unpaired) electrons. The molecular weight excluding hydrogens is 370 g/mol. The lowest BCUT2D eigenvalue weighted by molar-refractivity contribution is 0.0194. The summed E-state index contributed by atoms with van der Waals surface area (Å²) in [5, 5.41) is 6.61. The highest BCUT2D eigenvalue weighted by Crippen LogP contribution is 2.19. The van der Waals surface area contributed by atoms with Crippen molar-refractivity contribution in [1.82, 2.24) is 20.4 Å². The molecule has 1 atom stereocenters. The van der Waals surface area contributed by atoms with E-state index in [1.54, 1.807) is 0 Å². The fourth-order valence-corrected chi connectivity index (χ4v) is 4.00. The van der Waals surface area contributed by atoms with Crippen LogP contribution >= 0.6 is 0 Å². The second-order valence-corrected chi connectivity index (χ2v) is 9.05. The maximum Gasteiger partial charge on any atom is 0.408 e. The molecule has 1 amide bonds. The van der Waals surface area contributed by atoms with Gasteiger partial charge in [0.25, 0.3) is 0 Å². The Morgan fingerprint density at radius 1 is 1.17 bits per heavy atom. The Bertz CT molecular complexity index is 551. The maximum atomic E-state index is 12.4. The van der Waals surface area contributed by atoms with Gasteiger partial charge in [-0.2, -0.15) is 0 Å². The quantitative estimate of drug-likeness (QED) is 0.515. The first kappa shape index (κ1) is 23.7. The Balaban J connectivity index is 1.92. The first-order chi connectivity index (χ1) is 13.7. The van der Waals surface area contributed by atoms with Gasteiger partial charge in [0.2, 0.25) is 0 Å². The van der Waals surface area contributed by atoms with Gasteiger partial charge in [-0.1, -0.05) is 13.8 Å². The van der Waals surface area contributed by atoms with Crippen molar-refractivity contribution in [2.24, 2.45) is 4.99 Å². The summed E-state index contributed by atoms with van der Waals surface area (Å²) >= 11 is 0. The molecule has 29 heavy (non-hydrogen) atoms. The van der Waals surface area contributed by atoms with Gasteiger partial charge in [-0.15, -0.1) is 0 Å². The fraction of sp³-hybridized carbons (Fsp3) is 0.905. The minimum Gasteiger partial charge on any atom is -0.444 e. The minimum atomic E-state index is -0.509. The zero-order valence-corrected chi connectivity index (χ0v) is 19.2. The molecule has 1 unspecified atom stereocenters. The largest absolute Gasteiger partial charge is 0.444 e. The van der Waals surface area contributed by atoms with Crippen molar-refractivity contribution >= 4 is 12.1 Å². The summed E-state index contributed by atoms with van der Waals surface area (Å²) in [6, 6.07) is 0.555. The van der Waals surface area contributed by atoms with E-state index in [0.29, 0.717) is 12.6 Å². The van der Waals surface area contributed by atoms with E-state index in [1.165, 1.54) is 0 Å². The number of morpholine rings is 1. The van der Waals surface area contributed by atoms with E-state index in [2.05, 4.69) is 39.3 Å². The topological polar surface area (TPSA) is 78.4 Å². The van der Waals surface area contributed by atoms with Gasteiger partial charge >= 0.3 is 6.09 Å². The molecule has 2 heterocycles. The molecule has 0 aromatic heterocycles. The van der Waals surface area contributed by atoms with Gasteiger partial charge in [-0.3, -0.25) is 9.89 Å². The molecule has 0 bridgehead atoms. The van der Waals surface area contributed by atoms with Crippen LogP contribution in [0.1, 0.15) is 53.9 Å². The van der Waals surface area contributed by atoms with E-state index in [-0.39, 0.29) is 11.6 Å². The molecule has 0 aliphatic carbocycles. The third kappa shape index (κ3) is 7.03. The summed E-state index contributed by atoms with van der Waals surface area (Å²) in [5.74, 6) is 0.901. The molecule has 2 aliphatic rings. The Hall–Kier alpha value is -1.54. The number of hydrogen-bond donors (Lipinski definition) is 2. The lowest BCUT2D eigenvalue weighted by Crippen LogP contribution is -2.57. The standard InChI is InChI=1S/C21H41N5O3/c1-7-21(8-2,24-19(27)29-20(3,4)5)16-23-18(22-6)26-10-9-17(15-26)25-11-13-28-14-12-25/h17H,7-16H2,1-6H3,(H,22,23)(H,24,27). The average Bonchev–Trinajstić information content (AvgIpc) is 3.17. The number of likely N-dealkylation sites (tertiary alicyclic amines) is 1. The van der Waals surface area contributed by atoms with E-state index in [0.717, 1.165) is 64.6 Å². The Morgan fingerprint density at radius 2 is 1.83 bits per heavy atom. The number of rotatable bonds is 6. The van der Waals surface area contributed by atoms with Crippen LogP contribution in [-0.4, -0.2) is 92.0 Å². The molecule has 0 saturated carbocycles. The predicted molar refractivity (Wildman–Crippen MR) is 116 cm³/mol. The van der Waals surface area contributed by atoms with Crippen LogP contribution < -0.4 is 10.6 Å². The van der Waals surface area contributed by atoms with Crippen LogP contribution in [0.4, 0.5) is 4.79 Å². The van der Waals surface area contributed by atoms with Crippen molar-refractivity contribution in [3.63, 3.8) is 0 Å². The molecule has 2 saturated heterocycles. The molecule has 2 aliphatic heterocycles. The lowest BCUT2D eigenvalue weighted by Gasteiger charge is -2.35. The summed E-state index contributed by atoms with van der Waals surface area (Å²) in [6.07, 6.45) is 2.39. The highest BCUT2D eigenvalue weighted by molar-refractivity contribution is 5.80. The average molecular weight is 412 g/mol. The molecule has 8 heteroatoms. The number of amides is 1. The van der Waals surface area contributed by atoms with E-state index in [1.807, 2.05) is 27.8 Å². The molecule has 0 spiro atoms. The molecule has 168 valence electrons. The first-order valence-corrected chi connectivity index (χ1v) is 11.0. The molecule has 2 rings (SSSR count). The number of nitrogens with one attached hydrogen (secondary N) is 2. The van der Waals surface area contributed by atoms with Crippen molar-refractivity contribution in [2.45, 2.75) is 71.1 Å². The van der Waals surface area contributed by atoms with Gasteiger partial charge in [0.1, 0.15) is 5.60 Å². The van der Waals surface area contributed by atoms with E-state index in [9.17, 15) is 4.79 Å². The number of ether oxygens (including phenoxy) is 2. The second-order valence-electron chi connectivity index (χ2n) is 9.05. The fourth-order valence-electron chi connectivity index (χ4n) is 4.00. The van der Waals surface area contributed by atoms with Crippen molar-refractivity contribution in [2.75, 3.05) is 53.0 Å². The number of nitrogens with zero attached hydrogens (tertiary/aromatic N) is 3. The van der Waals surface area contributed by atoms with Gasteiger partial charge in [-0.25, -0.2) is 4.79 Å². The monoisotopic (exact) mass is 411 g/mol. The number of aliphatic imine (C=N–C) groups is 1. The van der Waals surface area contributed by atoms with E-state index in [4.69, 9.17) is 9.47 Å². The highest BCUT2D eigenvalue weighted by atomic mass is 16.6. The highest BCUT2D eigenvalue weighted by Gasteiger charge is 2.33. The van der Waals surface area contributed by atoms with E-state index >= 15 is 0 Å². The normalized spacial score (nSPS) is 21.9. The third-order valence-corrected chi connectivity index (χ3v) is 5.94. The Morgan fingerprint density at radius 3 is 2.38 bits per heavy atom. The number of hydrogen-bond acceptors (Lipinski definition) is 5. The lowest BCUT2D eigenvalue weighted by atomic mass is 9.93. The van der Waals surface area contributed by atoms with E-state index < -0.39 is 5.60 Å². The summed E-state index contributed by atoms with van der Waals surface area (Å²) in [6.45, 7) is 16.1. The van der Waals surface area contributed by atoms with Crippen molar-refractivity contribution in [3.8, 4) is 0 Å². The molecule has 2 N–H and O–H groups in total. The Labute approximate surface area is 176 Å². The number of carbonyl (C=O) groups is 1. The van der Waals surface area contributed by atoms with Crippen molar-refractivity contribution in [3.05, 3.63) is 0 Å². The van der Waals surface area contributed by atoms with Crippen LogP contribution in [0.5, 0.6) is 0 Å². The zero-order valence-electron chi connectivity index (χ0n) is 19.2. The second kappa shape index (κ2) is 10.5. The molecule has 8 nitrogen and oxygen atoms in total. The number of alkyl carbamates (subject to hydrolysis) is 1. The summed E-state index contributed by atoms with van der Waals surface area (Å²) in [7, 11) is 1.82. The van der Waals surface area contributed by atoms with Crippen LogP contribution in [0.25, 0.3) is 0 Å². The van der Waals surface area contributed by atoms with Crippen molar-refractivity contribution < 1.29 is 14.3 Å².